The van der Waals surface area contributed by atoms with E-state index in [1.807, 2.05) is 6.26 Å². The van der Waals surface area contributed by atoms with Crippen molar-refractivity contribution in [1.82, 2.24) is 19.6 Å². The fourth-order valence-electron chi connectivity index (χ4n) is 2.96. The van der Waals surface area contributed by atoms with E-state index in [-0.39, 0.29) is 11.3 Å². The van der Waals surface area contributed by atoms with Gasteiger partial charge in [0.15, 0.2) is 5.16 Å². The first-order chi connectivity index (χ1) is 14.7. The zero-order valence-electron chi connectivity index (χ0n) is 16.2. The summed E-state index contributed by atoms with van der Waals surface area (Å²) >= 11 is 1.37. The van der Waals surface area contributed by atoms with Gasteiger partial charge in [0.1, 0.15) is 17.2 Å². The molecule has 0 saturated heterocycles. The number of H-pyrrole nitrogens is 1. The number of rotatable bonds is 5. The summed E-state index contributed by atoms with van der Waals surface area (Å²) in [6, 6.07) is 11.8. The lowest BCUT2D eigenvalue weighted by atomic mass is 10.1. The first-order valence-corrected chi connectivity index (χ1v) is 10.1. The van der Waals surface area contributed by atoms with Crippen LogP contribution < -0.4 is 15.0 Å². The highest BCUT2D eigenvalue weighted by atomic mass is 32.2. The fourth-order valence-corrected chi connectivity index (χ4v) is 3.31. The van der Waals surface area contributed by atoms with Gasteiger partial charge in [0, 0.05) is 0 Å². The highest BCUT2D eigenvalue weighted by molar-refractivity contribution is 7.98. The highest BCUT2D eigenvalue weighted by Gasteiger charge is 2.31. The number of benzene rings is 2. The maximum Gasteiger partial charge on any atom is 0.573 e. The van der Waals surface area contributed by atoms with E-state index in [9.17, 15) is 18.0 Å². The van der Waals surface area contributed by atoms with Gasteiger partial charge in [-0.2, -0.15) is 9.50 Å². The van der Waals surface area contributed by atoms with Gasteiger partial charge in [-0.25, -0.2) is 4.98 Å². The second-order valence-corrected chi connectivity index (χ2v) is 7.19. The number of nitrogens with zero attached hydrogens (tertiary/aromatic N) is 3. The van der Waals surface area contributed by atoms with E-state index in [2.05, 4.69) is 19.8 Å². The van der Waals surface area contributed by atoms with Gasteiger partial charge < -0.3 is 9.47 Å². The van der Waals surface area contributed by atoms with Crippen LogP contribution in [-0.2, 0) is 0 Å². The summed E-state index contributed by atoms with van der Waals surface area (Å²) in [5.74, 6) is 0.751. The standard InChI is InChI=1S/C20H15F3N4O3S/c1-11-16(17(28)27-18(24-11)25-19(26-27)31-2)12-3-5-13(6-4-12)29-14-7-9-15(10-8-14)30-20(21,22)23/h3-10H,1-2H3,(H,24,25,26). The molecule has 0 radical (unpaired) electrons. The third kappa shape index (κ3) is 4.50. The number of hydrogen-bond donors (Lipinski definition) is 1. The van der Waals surface area contributed by atoms with Crippen LogP contribution in [0.3, 0.4) is 0 Å². The van der Waals surface area contributed by atoms with Crippen molar-refractivity contribution in [2.24, 2.45) is 0 Å². The highest BCUT2D eigenvalue weighted by Crippen LogP contribution is 2.29. The summed E-state index contributed by atoms with van der Waals surface area (Å²) in [5, 5.41) is 3.48. The zero-order chi connectivity index (χ0) is 22.2. The first kappa shape index (κ1) is 20.8. The van der Waals surface area contributed by atoms with E-state index < -0.39 is 6.36 Å². The van der Waals surface area contributed by atoms with E-state index in [1.165, 1.54) is 28.4 Å². The quantitative estimate of drug-likeness (QED) is 0.442. The number of alkyl halides is 3. The zero-order valence-corrected chi connectivity index (χ0v) is 17.0. The number of aromatic amines is 1. The third-order valence-electron chi connectivity index (χ3n) is 4.28. The van der Waals surface area contributed by atoms with Gasteiger partial charge in [-0.05, 0) is 55.1 Å². The Morgan fingerprint density at radius 2 is 1.55 bits per heavy atom. The lowest BCUT2D eigenvalue weighted by Crippen LogP contribution is -2.19. The lowest BCUT2D eigenvalue weighted by molar-refractivity contribution is -0.274. The number of nitrogens with one attached hydrogen (secondary N) is 1. The van der Waals surface area contributed by atoms with Crippen molar-refractivity contribution in [2.75, 3.05) is 6.26 Å². The minimum Gasteiger partial charge on any atom is -0.457 e. The molecule has 0 fully saturated rings. The molecule has 2 aromatic heterocycles. The maximum absolute atomic E-state index is 12.9. The van der Waals surface area contributed by atoms with Crippen molar-refractivity contribution in [1.29, 1.82) is 0 Å². The van der Waals surface area contributed by atoms with Gasteiger partial charge in [-0.1, -0.05) is 23.9 Å². The Morgan fingerprint density at radius 3 is 2.13 bits per heavy atom. The molecule has 7 nitrogen and oxygen atoms in total. The van der Waals surface area contributed by atoms with E-state index in [0.29, 0.717) is 39.3 Å². The summed E-state index contributed by atoms with van der Waals surface area (Å²) in [6.07, 6.45) is -2.91. The number of halogens is 3. The van der Waals surface area contributed by atoms with Gasteiger partial charge in [-0.15, -0.1) is 13.2 Å². The van der Waals surface area contributed by atoms with E-state index in [4.69, 9.17) is 4.74 Å². The van der Waals surface area contributed by atoms with Crippen LogP contribution >= 0.6 is 11.8 Å². The molecule has 0 saturated carbocycles. The second-order valence-electron chi connectivity index (χ2n) is 6.39. The maximum atomic E-state index is 12.9. The molecule has 4 rings (SSSR count). The van der Waals surface area contributed by atoms with Crippen molar-refractivity contribution in [3.63, 3.8) is 0 Å². The van der Waals surface area contributed by atoms with Crippen molar-refractivity contribution >= 4 is 17.5 Å². The summed E-state index contributed by atoms with van der Waals surface area (Å²) in [6.45, 7) is 1.74. The molecule has 160 valence electrons. The SMILES string of the molecule is CSc1nc2nc(C)c(-c3ccc(Oc4ccc(OC(F)(F)F)cc4)cc3)c(=O)n2[nH]1. The summed E-state index contributed by atoms with van der Waals surface area (Å²) in [7, 11) is 0. The van der Waals surface area contributed by atoms with Gasteiger partial charge in [0.05, 0.1) is 11.3 Å². The Hall–Kier alpha value is -3.47. The summed E-state index contributed by atoms with van der Waals surface area (Å²) in [5.41, 5.74) is 1.34. The Morgan fingerprint density at radius 1 is 0.968 bits per heavy atom. The molecule has 0 spiro atoms. The molecule has 11 heteroatoms. The van der Waals surface area contributed by atoms with Gasteiger partial charge >= 0.3 is 6.36 Å². The van der Waals surface area contributed by atoms with E-state index >= 15 is 0 Å². The van der Waals surface area contributed by atoms with Crippen LogP contribution in [0.15, 0.2) is 58.5 Å². The predicted molar refractivity (Wildman–Crippen MR) is 109 cm³/mol. The Bertz CT molecular complexity index is 1280. The Kier molecular flexibility index (Phi) is 5.36. The van der Waals surface area contributed by atoms with Crippen LogP contribution in [0.2, 0.25) is 0 Å². The molecular formula is C20H15F3N4O3S. The monoisotopic (exact) mass is 448 g/mol. The largest absolute Gasteiger partial charge is 0.573 e. The molecule has 1 N–H and O–H groups in total. The number of ether oxygens (including phenoxy) is 2. The van der Waals surface area contributed by atoms with E-state index in [1.54, 1.807) is 31.2 Å². The van der Waals surface area contributed by atoms with Gasteiger partial charge in [0.2, 0.25) is 0 Å². The Labute approximate surface area is 177 Å². The predicted octanol–water partition coefficient (Wildman–Crippen LogP) is 4.81. The second kappa shape index (κ2) is 7.99. The van der Waals surface area contributed by atoms with Crippen molar-refractivity contribution < 1.29 is 22.6 Å². The molecule has 0 aliphatic carbocycles. The average Bonchev–Trinajstić information content (AvgIpc) is 3.13. The molecule has 31 heavy (non-hydrogen) atoms. The number of aryl methyl sites for hydroxylation is 1. The number of hydrogen-bond acceptors (Lipinski definition) is 6. The van der Waals surface area contributed by atoms with Crippen LogP contribution in [0.5, 0.6) is 17.2 Å². The molecule has 0 unspecified atom stereocenters. The smallest absolute Gasteiger partial charge is 0.457 e. The van der Waals surface area contributed by atoms with Crippen LogP contribution in [0.1, 0.15) is 5.69 Å². The van der Waals surface area contributed by atoms with Crippen LogP contribution in [0, 0.1) is 6.92 Å². The van der Waals surface area contributed by atoms with Gasteiger partial charge in [0.25, 0.3) is 11.3 Å². The molecule has 0 aliphatic rings. The normalized spacial score (nSPS) is 11.6. The Balaban J connectivity index is 1.57. The molecule has 0 aliphatic heterocycles. The van der Waals surface area contributed by atoms with Crippen LogP contribution in [0.25, 0.3) is 16.9 Å². The van der Waals surface area contributed by atoms with Crippen molar-refractivity contribution in [3.05, 3.63) is 64.6 Å². The molecule has 0 amide bonds. The molecule has 2 aromatic carbocycles. The number of fused-ring (bicyclic) bond motifs is 1. The minimum atomic E-state index is -4.75. The van der Waals surface area contributed by atoms with Gasteiger partial charge in [-0.3, -0.25) is 9.89 Å². The number of thioether (sulfide) groups is 1. The summed E-state index contributed by atoms with van der Waals surface area (Å²) < 4.78 is 47.5. The molecule has 4 aromatic rings. The molecular weight excluding hydrogens is 433 g/mol. The van der Waals surface area contributed by atoms with E-state index in [0.717, 1.165) is 12.1 Å². The third-order valence-corrected chi connectivity index (χ3v) is 4.85. The topological polar surface area (TPSA) is 81.5 Å². The number of aromatic nitrogens is 4. The molecule has 2 heterocycles. The van der Waals surface area contributed by atoms with Crippen molar-refractivity contribution in [3.8, 4) is 28.4 Å². The van der Waals surface area contributed by atoms with Crippen LogP contribution in [0.4, 0.5) is 13.2 Å². The summed E-state index contributed by atoms with van der Waals surface area (Å²) in [4.78, 5) is 21.5. The average molecular weight is 448 g/mol. The van der Waals surface area contributed by atoms with Crippen LogP contribution in [-0.4, -0.2) is 32.2 Å². The molecule has 0 bridgehead atoms. The van der Waals surface area contributed by atoms with Crippen molar-refractivity contribution in [2.45, 2.75) is 18.4 Å². The lowest BCUT2D eigenvalue weighted by Gasteiger charge is -2.10. The fraction of sp³-hybridized carbons (Fsp3) is 0.150. The minimum absolute atomic E-state index is 0.274. The first-order valence-electron chi connectivity index (χ1n) is 8.91. The molecule has 0 atom stereocenters.